The molecule has 2 aromatic carbocycles. The van der Waals surface area contributed by atoms with Crippen LogP contribution in [0.3, 0.4) is 0 Å². The topological polar surface area (TPSA) is 164 Å². The summed E-state index contributed by atoms with van der Waals surface area (Å²) in [6.07, 6.45) is -1.22. The van der Waals surface area contributed by atoms with Crippen LogP contribution in [0.2, 0.25) is 0 Å². The van der Waals surface area contributed by atoms with Gasteiger partial charge in [0.2, 0.25) is 11.8 Å². The van der Waals surface area contributed by atoms with Crippen molar-refractivity contribution in [3.05, 3.63) is 70.9 Å². The van der Waals surface area contributed by atoms with Crippen molar-refractivity contribution in [2.75, 3.05) is 5.32 Å². The van der Waals surface area contributed by atoms with Gasteiger partial charge in [0, 0.05) is 28.9 Å². The molecular weight excluding hydrogens is 531 g/mol. The van der Waals surface area contributed by atoms with Gasteiger partial charge in [0.1, 0.15) is 5.82 Å². The van der Waals surface area contributed by atoms with E-state index >= 15 is 0 Å². The van der Waals surface area contributed by atoms with Crippen LogP contribution in [0.5, 0.6) is 0 Å². The zero-order valence-electron chi connectivity index (χ0n) is 20.7. The third-order valence-corrected chi connectivity index (χ3v) is 5.79. The quantitative estimate of drug-likeness (QED) is 0.292. The highest BCUT2D eigenvalue weighted by Gasteiger charge is 2.38. The zero-order chi connectivity index (χ0) is 28.4. The predicted molar refractivity (Wildman–Crippen MR) is 137 cm³/mol. The van der Waals surface area contributed by atoms with Gasteiger partial charge >= 0.3 is 12.1 Å². The molecule has 0 spiro atoms. The Morgan fingerprint density at radius 2 is 1.77 bits per heavy atom. The molecular formula is C25H20F3N9O3. The van der Waals surface area contributed by atoms with E-state index in [9.17, 15) is 18.0 Å². The molecule has 0 aliphatic heterocycles. The Bertz CT molecular complexity index is 1750. The fourth-order valence-corrected chi connectivity index (χ4v) is 3.68. The van der Waals surface area contributed by atoms with Gasteiger partial charge in [0.25, 0.3) is 5.56 Å². The number of aromatic nitrogens is 8. The van der Waals surface area contributed by atoms with Gasteiger partial charge in [-0.3, -0.25) is 4.79 Å². The summed E-state index contributed by atoms with van der Waals surface area (Å²) < 4.78 is 31.7. The summed E-state index contributed by atoms with van der Waals surface area (Å²) in [6, 6.07) is 15.1. The van der Waals surface area contributed by atoms with Crippen molar-refractivity contribution in [3.63, 3.8) is 0 Å². The largest absolute Gasteiger partial charge is 0.490 e. The first-order valence-corrected chi connectivity index (χ1v) is 11.9. The highest BCUT2D eigenvalue weighted by atomic mass is 19.4. The fraction of sp³-hybridized carbons (Fsp3) is 0.200. The van der Waals surface area contributed by atoms with Crippen molar-refractivity contribution in [2.24, 2.45) is 7.05 Å². The van der Waals surface area contributed by atoms with Crippen molar-refractivity contribution >= 4 is 28.5 Å². The van der Waals surface area contributed by atoms with Gasteiger partial charge in [-0.15, -0.1) is 10.2 Å². The molecule has 15 heteroatoms. The van der Waals surface area contributed by atoms with E-state index < -0.39 is 12.1 Å². The second-order valence-corrected chi connectivity index (χ2v) is 8.83. The van der Waals surface area contributed by atoms with Crippen LogP contribution in [0.4, 0.5) is 24.8 Å². The molecule has 0 amide bonds. The average Bonchev–Trinajstić information content (AvgIpc) is 3.69. The number of benzene rings is 2. The predicted octanol–water partition coefficient (Wildman–Crippen LogP) is 3.82. The van der Waals surface area contributed by atoms with Crippen LogP contribution < -0.4 is 10.9 Å². The Kier molecular flexibility index (Phi) is 6.94. The van der Waals surface area contributed by atoms with E-state index in [1.165, 1.54) is 4.80 Å². The SMILES string of the molecule is Cn1nnc(-c2ccc(Nc3nccc(-c4ccc5nc(C6CC6)[nH]c(=O)c5c4)n3)cc2)n1.O=C(O)C(F)(F)F. The average molecular weight is 551 g/mol. The first-order valence-electron chi connectivity index (χ1n) is 11.9. The molecule has 0 atom stereocenters. The molecule has 12 nitrogen and oxygen atoms in total. The van der Waals surface area contributed by atoms with E-state index in [0.717, 1.165) is 35.5 Å². The van der Waals surface area contributed by atoms with Gasteiger partial charge in [-0.25, -0.2) is 19.7 Å². The summed E-state index contributed by atoms with van der Waals surface area (Å²) in [5.74, 6) is -0.563. The molecule has 5 aromatic rings. The lowest BCUT2D eigenvalue weighted by molar-refractivity contribution is -0.192. The Morgan fingerprint density at radius 1 is 1.07 bits per heavy atom. The lowest BCUT2D eigenvalue weighted by atomic mass is 10.1. The number of alkyl halides is 3. The molecule has 0 bridgehead atoms. The first kappa shape index (κ1) is 26.4. The standard InChI is InChI=1S/C23H19N9O.C2HF3O2/c1-32-30-21(29-31-32)14-4-7-16(8-5-14)25-23-24-11-10-18(27-23)15-6-9-19-17(12-15)22(33)28-20(26-19)13-2-3-13;3-2(4,5)1(6)7/h4-13H,2-3H2,1H3,(H,24,25,27)(H,26,28,33);(H,6,7). The number of aryl methyl sites for hydroxylation is 1. The molecule has 1 fully saturated rings. The van der Waals surface area contributed by atoms with Crippen molar-refractivity contribution < 1.29 is 23.1 Å². The van der Waals surface area contributed by atoms with Crippen molar-refractivity contribution in [2.45, 2.75) is 24.9 Å². The second-order valence-electron chi connectivity index (χ2n) is 8.83. The maximum atomic E-state index is 12.6. The Labute approximate surface area is 222 Å². The van der Waals surface area contributed by atoms with Crippen LogP contribution in [0.1, 0.15) is 24.6 Å². The van der Waals surface area contributed by atoms with Crippen LogP contribution in [-0.4, -0.2) is 57.4 Å². The van der Waals surface area contributed by atoms with Crippen LogP contribution in [0.15, 0.2) is 59.5 Å². The van der Waals surface area contributed by atoms with Gasteiger partial charge in [-0.05, 0) is 60.5 Å². The number of carboxylic acid groups (broad SMARTS) is 1. The van der Waals surface area contributed by atoms with Crippen LogP contribution in [0, 0.1) is 0 Å². The van der Waals surface area contributed by atoms with Crippen LogP contribution >= 0.6 is 0 Å². The maximum absolute atomic E-state index is 12.6. The number of hydrogen-bond acceptors (Lipinski definition) is 9. The lowest BCUT2D eigenvalue weighted by Crippen LogP contribution is -2.21. The molecule has 0 unspecified atom stereocenters. The monoisotopic (exact) mass is 551 g/mol. The number of aromatic amines is 1. The highest BCUT2D eigenvalue weighted by molar-refractivity contribution is 5.83. The van der Waals surface area contributed by atoms with E-state index in [-0.39, 0.29) is 5.56 Å². The number of anilines is 2. The van der Waals surface area contributed by atoms with Crippen LogP contribution in [0.25, 0.3) is 33.5 Å². The minimum absolute atomic E-state index is 0.117. The number of rotatable bonds is 5. The molecule has 40 heavy (non-hydrogen) atoms. The Balaban J connectivity index is 0.000000411. The summed E-state index contributed by atoms with van der Waals surface area (Å²) in [4.78, 5) is 39.4. The molecule has 6 rings (SSSR count). The normalized spacial score (nSPS) is 13.0. The van der Waals surface area contributed by atoms with Gasteiger partial charge in [-0.1, -0.05) is 6.07 Å². The summed E-state index contributed by atoms with van der Waals surface area (Å²) >= 11 is 0. The van der Waals surface area contributed by atoms with Gasteiger partial charge < -0.3 is 15.4 Å². The number of nitrogens with one attached hydrogen (secondary N) is 2. The maximum Gasteiger partial charge on any atom is 0.490 e. The molecule has 1 saturated carbocycles. The van der Waals surface area contributed by atoms with E-state index in [2.05, 4.69) is 40.7 Å². The fourth-order valence-electron chi connectivity index (χ4n) is 3.68. The number of nitrogens with zero attached hydrogens (tertiary/aromatic N) is 7. The van der Waals surface area contributed by atoms with Gasteiger partial charge in [0.05, 0.1) is 23.6 Å². The molecule has 0 saturated heterocycles. The van der Waals surface area contributed by atoms with Crippen molar-refractivity contribution in [3.8, 4) is 22.6 Å². The van der Waals surface area contributed by atoms with E-state index in [0.29, 0.717) is 34.3 Å². The molecule has 3 heterocycles. The molecule has 1 aliphatic rings. The number of aliphatic carboxylic acids is 1. The third kappa shape index (κ3) is 6.09. The number of fused-ring (bicyclic) bond motifs is 1. The van der Waals surface area contributed by atoms with Gasteiger partial charge in [-0.2, -0.15) is 18.0 Å². The number of H-pyrrole nitrogens is 1. The van der Waals surface area contributed by atoms with Crippen molar-refractivity contribution in [1.29, 1.82) is 0 Å². The first-order chi connectivity index (χ1) is 19.1. The zero-order valence-corrected chi connectivity index (χ0v) is 20.7. The highest BCUT2D eigenvalue weighted by Crippen LogP contribution is 2.38. The summed E-state index contributed by atoms with van der Waals surface area (Å²) in [5.41, 5.74) is 3.81. The number of carboxylic acids is 1. The lowest BCUT2D eigenvalue weighted by Gasteiger charge is -2.08. The minimum atomic E-state index is -5.08. The minimum Gasteiger partial charge on any atom is -0.475 e. The van der Waals surface area contributed by atoms with E-state index in [1.54, 1.807) is 13.2 Å². The number of carbonyl (C=O) groups is 1. The summed E-state index contributed by atoms with van der Waals surface area (Å²) in [5, 5.41) is 23.0. The molecule has 0 radical (unpaired) electrons. The van der Waals surface area contributed by atoms with E-state index in [4.69, 9.17) is 9.90 Å². The third-order valence-electron chi connectivity index (χ3n) is 5.79. The number of hydrogen-bond donors (Lipinski definition) is 3. The number of halogens is 3. The Hall–Kier alpha value is -5.21. The van der Waals surface area contributed by atoms with E-state index in [1.807, 2.05) is 48.5 Å². The molecule has 204 valence electrons. The molecule has 3 aromatic heterocycles. The smallest absolute Gasteiger partial charge is 0.475 e. The van der Waals surface area contributed by atoms with Crippen LogP contribution in [-0.2, 0) is 11.8 Å². The summed E-state index contributed by atoms with van der Waals surface area (Å²) in [6.45, 7) is 0. The van der Waals surface area contributed by atoms with Crippen molar-refractivity contribution in [1.82, 2.24) is 40.1 Å². The molecule has 1 aliphatic carbocycles. The Morgan fingerprint density at radius 3 is 2.40 bits per heavy atom. The second kappa shape index (κ2) is 10.5. The molecule has 3 N–H and O–H groups in total. The summed E-state index contributed by atoms with van der Waals surface area (Å²) in [7, 11) is 1.73. The number of tetrazole rings is 1. The van der Waals surface area contributed by atoms with Gasteiger partial charge in [0.15, 0.2) is 0 Å².